The zero-order chi connectivity index (χ0) is 15.7. The minimum atomic E-state index is -4.29. The van der Waals surface area contributed by atoms with Gasteiger partial charge in [0.05, 0.1) is 6.61 Å². The average molecular weight is 302 g/mol. The van der Waals surface area contributed by atoms with E-state index < -0.39 is 12.8 Å². The molecule has 0 radical (unpaired) electrons. The average Bonchev–Trinajstić information content (AvgIpc) is 2.44. The summed E-state index contributed by atoms with van der Waals surface area (Å²) in [6, 6.07) is 9.00. The fourth-order valence-electron chi connectivity index (χ4n) is 1.62. The van der Waals surface area contributed by atoms with Gasteiger partial charge in [-0.3, -0.25) is 0 Å². The molecule has 0 heterocycles. The second kappa shape index (κ2) is 8.49. The van der Waals surface area contributed by atoms with Crippen molar-refractivity contribution in [1.29, 1.82) is 5.26 Å². The topological polar surface area (TPSA) is 54.3 Å². The molecule has 0 aliphatic rings. The smallest absolute Gasteiger partial charge is 0.411 e. The van der Waals surface area contributed by atoms with Gasteiger partial charge in [-0.05, 0) is 24.6 Å². The molecule has 0 amide bonds. The molecule has 1 aromatic carbocycles. The van der Waals surface area contributed by atoms with Crippen LogP contribution >= 0.6 is 0 Å². The van der Waals surface area contributed by atoms with E-state index in [4.69, 9.17) is 10.00 Å². The number of alkyl halides is 3. The third kappa shape index (κ3) is 7.54. The fourth-order valence-corrected chi connectivity index (χ4v) is 1.62. The summed E-state index contributed by atoms with van der Waals surface area (Å²) in [5.74, 6) is 0.598. The fraction of sp³-hybridized carbons (Fsp3) is 0.500. The molecule has 1 N–H and O–H groups in total. The maximum absolute atomic E-state index is 11.9. The molecule has 0 aliphatic heterocycles. The van der Waals surface area contributed by atoms with E-state index in [2.05, 4.69) is 10.1 Å². The summed E-state index contributed by atoms with van der Waals surface area (Å²) in [6.45, 7) is 0.976. The molecule has 0 bridgehead atoms. The van der Waals surface area contributed by atoms with Crippen molar-refractivity contribution >= 4 is 0 Å². The highest BCUT2D eigenvalue weighted by atomic mass is 19.4. The van der Waals surface area contributed by atoms with E-state index in [1.54, 1.807) is 12.1 Å². The Kier molecular flexibility index (Phi) is 6.99. The van der Waals surface area contributed by atoms with Crippen LogP contribution in [-0.4, -0.2) is 32.5 Å². The van der Waals surface area contributed by atoms with Crippen LogP contribution in [0.3, 0.4) is 0 Å². The van der Waals surface area contributed by atoms with E-state index in [1.807, 2.05) is 25.1 Å². The van der Waals surface area contributed by atoms with Gasteiger partial charge in [-0.2, -0.15) is 18.4 Å². The van der Waals surface area contributed by atoms with E-state index in [1.165, 1.54) is 0 Å². The molecular formula is C14H17F3N2O2. The van der Waals surface area contributed by atoms with Crippen LogP contribution < -0.4 is 10.1 Å². The molecule has 4 nitrogen and oxygen atoms in total. The van der Waals surface area contributed by atoms with Gasteiger partial charge < -0.3 is 14.8 Å². The number of benzene rings is 1. The van der Waals surface area contributed by atoms with Crippen molar-refractivity contribution in [3.63, 3.8) is 0 Å². The largest absolute Gasteiger partial charge is 0.479 e. The van der Waals surface area contributed by atoms with Crippen molar-refractivity contribution in [3.05, 3.63) is 29.8 Å². The second-order valence-electron chi connectivity index (χ2n) is 4.36. The van der Waals surface area contributed by atoms with Gasteiger partial charge in [0, 0.05) is 12.6 Å². The van der Waals surface area contributed by atoms with Crippen LogP contribution in [0.2, 0.25) is 0 Å². The van der Waals surface area contributed by atoms with Crippen LogP contribution in [0.4, 0.5) is 13.2 Å². The van der Waals surface area contributed by atoms with Crippen molar-refractivity contribution in [2.75, 3.05) is 26.4 Å². The maximum atomic E-state index is 11.9. The highest BCUT2D eigenvalue weighted by Gasteiger charge is 2.27. The van der Waals surface area contributed by atoms with Crippen LogP contribution in [0.1, 0.15) is 18.5 Å². The Labute approximate surface area is 121 Å². The Hall–Kier alpha value is -1.78. The van der Waals surface area contributed by atoms with Gasteiger partial charge in [0.2, 0.25) is 0 Å². The van der Waals surface area contributed by atoms with E-state index >= 15 is 0 Å². The molecular weight excluding hydrogens is 285 g/mol. The Morgan fingerprint density at radius 2 is 1.95 bits per heavy atom. The van der Waals surface area contributed by atoms with E-state index in [9.17, 15) is 13.2 Å². The third-order valence-corrected chi connectivity index (χ3v) is 2.65. The van der Waals surface area contributed by atoms with Gasteiger partial charge in [-0.1, -0.05) is 12.1 Å². The van der Waals surface area contributed by atoms with E-state index in [0.717, 1.165) is 5.56 Å². The Balaban J connectivity index is 2.29. The summed E-state index contributed by atoms with van der Waals surface area (Å²) in [5, 5.41) is 11.5. The maximum Gasteiger partial charge on any atom is 0.411 e. The molecule has 1 atom stereocenters. The lowest BCUT2D eigenvalue weighted by molar-refractivity contribution is -0.173. The van der Waals surface area contributed by atoms with Crippen molar-refractivity contribution < 1.29 is 22.6 Å². The normalized spacial score (nSPS) is 12.7. The second-order valence-corrected chi connectivity index (χ2v) is 4.36. The zero-order valence-electron chi connectivity index (χ0n) is 11.6. The Morgan fingerprint density at radius 1 is 1.29 bits per heavy atom. The molecule has 0 saturated carbocycles. The molecule has 7 heteroatoms. The molecule has 0 aromatic heterocycles. The Bertz CT molecular complexity index is 455. The molecule has 0 aliphatic carbocycles. The van der Waals surface area contributed by atoms with Gasteiger partial charge >= 0.3 is 6.18 Å². The highest BCUT2D eigenvalue weighted by Crippen LogP contribution is 2.17. The molecule has 116 valence electrons. The first kappa shape index (κ1) is 17.3. The number of nitriles is 1. The van der Waals surface area contributed by atoms with Crippen LogP contribution in [0.5, 0.6) is 5.75 Å². The van der Waals surface area contributed by atoms with E-state index in [-0.39, 0.29) is 19.3 Å². The first-order valence-electron chi connectivity index (χ1n) is 6.40. The lowest BCUT2D eigenvalue weighted by Gasteiger charge is -2.15. The third-order valence-electron chi connectivity index (χ3n) is 2.65. The standard InChI is InChI=1S/C14H17F3N2O2/c1-11(19-7-9-20-10-14(15,16)17)12-2-4-13(5-3-12)21-8-6-18/h2-5,11,19H,7-10H2,1H3. The number of nitrogens with zero attached hydrogens (tertiary/aromatic N) is 1. The van der Waals surface area contributed by atoms with E-state index in [0.29, 0.717) is 12.3 Å². The zero-order valence-corrected chi connectivity index (χ0v) is 11.6. The van der Waals surface area contributed by atoms with Crippen molar-refractivity contribution in [3.8, 4) is 11.8 Å². The van der Waals surface area contributed by atoms with Gasteiger partial charge in [0.25, 0.3) is 0 Å². The molecule has 0 saturated heterocycles. The van der Waals surface area contributed by atoms with Crippen molar-refractivity contribution in [1.82, 2.24) is 5.32 Å². The minimum Gasteiger partial charge on any atom is -0.479 e. The SMILES string of the molecule is CC(NCCOCC(F)(F)F)c1ccc(OCC#N)cc1. The van der Waals surface area contributed by atoms with Crippen LogP contribution in [0.25, 0.3) is 0 Å². The van der Waals surface area contributed by atoms with Gasteiger partial charge in [0.15, 0.2) is 6.61 Å². The van der Waals surface area contributed by atoms with Crippen LogP contribution in [0, 0.1) is 11.3 Å². The number of ether oxygens (including phenoxy) is 2. The lowest BCUT2D eigenvalue weighted by atomic mass is 10.1. The molecule has 1 unspecified atom stereocenters. The molecule has 1 aromatic rings. The van der Waals surface area contributed by atoms with Gasteiger partial charge in [-0.15, -0.1) is 0 Å². The van der Waals surface area contributed by atoms with Gasteiger partial charge in [0.1, 0.15) is 18.4 Å². The first-order chi connectivity index (χ1) is 9.92. The monoisotopic (exact) mass is 302 g/mol. The predicted molar refractivity (Wildman–Crippen MR) is 70.8 cm³/mol. The van der Waals surface area contributed by atoms with Gasteiger partial charge in [-0.25, -0.2) is 0 Å². The quantitative estimate of drug-likeness (QED) is 0.750. The molecule has 0 spiro atoms. The van der Waals surface area contributed by atoms with Crippen LogP contribution in [-0.2, 0) is 4.74 Å². The molecule has 1 rings (SSSR count). The number of hydrogen-bond acceptors (Lipinski definition) is 4. The number of hydrogen-bond donors (Lipinski definition) is 1. The highest BCUT2D eigenvalue weighted by molar-refractivity contribution is 5.29. The molecule has 21 heavy (non-hydrogen) atoms. The summed E-state index contributed by atoms with van der Waals surface area (Å²) in [5.41, 5.74) is 0.968. The summed E-state index contributed by atoms with van der Waals surface area (Å²) >= 11 is 0. The summed E-state index contributed by atoms with van der Waals surface area (Å²) < 4.78 is 45.2. The number of halogens is 3. The first-order valence-corrected chi connectivity index (χ1v) is 6.40. The Morgan fingerprint density at radius 3 is 2.52 bits per heavy atom. The molecule has 0 fully saturated rings. The van der Waals surface area contributed by atoms with Crippen molar-refractivity contribution in [2.24, 2.45) is 0 Å². The minimum absolute atomic E-state index is 0.00673. The summed E-state index contributed by atoms with van der Waals surface area (Å²) in [4.78, 5) is 0. The van der Waals surface area contributed by atoms with Crippen LogP contribution in [0.15, 0.2) is 24.3 Å². The summed E-state index contributed by atoms with van der Waals surface area (Å²) in [7, 11) is 0. The lowest BCUT2D eigenvalue weighted by Crippen LogP contribution is -2.25. The summed E-state index contributed by atoms with van der Waals surface area (Å²) in [6.07, 6.45) is -4.29. The van der Waals surface area contributed by atoms with Crippen molar-refractivity contribution in [2.45, 2.75) is 19.1 Å². The predicted octanol–water partition coefficient (Wildman–Crippen LogP) is 2.82. The number of rotatable bonds is 8. The number of nitrogens with one attached hydrogen (secondary N) is 1.